The van der Waals surface area contributed by atoms with Crippen molar-refractivity contribution in [2.45, 2.75) is 38.8 Å². The fraction of sp³-hybridized carbons (Fsp3) is 0.500. The topological polar surface area (TPSA) is 12.0 Å². The maximum Gasteiger partial charge on any atom is 0.0222 e. The number of benzene rings is 1. The number of halogens is 1. The van der Waals surface area contributed by atoms with Gasteiger partial charge in [-0.3, -0.25) is 0 Å². The van der Waals surface area contributed by atoms with Crippen LogP contribution in [0.3, 0.4) is 0 Å². The molecule has 14 heavy (non-hydrogen) atoms. The third kappa shape index (κ3) is 2.37. The Morgan fingerprint density at radius 3 is 2.79 bits per heavy atom. The lowest BCUT2D eigenvalue weighted by molar-refractivity contribution is 0.338. The molecule has 1 aromatic rings. The van der Waals surface area contributed by atoms with Crippen molar-refractivity contribution in [3.63, 3.8) is 0 Å². The molecular formula is C12H16BrN. The minimum absolute atomic E-state index is 0.767. The number of aryl methyl sites for hydroxylation is 1. The second-order valence-electron chi connectivity index (χ2n) is 4.10. The predicted molar refractivity (Wildman–Crippen MR) is 63.4 cm³/mol. The van der Waals surface area contributed by atoms with E-state index in [0.29, 0.717) is 0 Å². The molecule has 1 N–H and O–H groups in total. The summed E-state index contributed by atoms with van der Waals surface area (Å²) in [5.41, 5.74) is 2.67. The van der Waals surface area contributed by atoms with E-state index < -0.39 is 0 Å². The molecule has 0 radical (unpaired) electrons. The molecule has 1 fully saturated rings. The van der Waals surface area contributed by atoms with Crippen molar-refractivity contribution in [3.05, 3.63) is 33.8 Å². The summed E-state index contributed by atoms with van der Waals surface area (Å²) in [6.45, 7) is 3.11. The fourth-order valence-electron chi connectivity index (χ4n) is 1.66. The lowest BCUT2D eigenvalue weighted by atomic mass is 9.93. The van der Waals surface area contributed by atoms with Gasteiger partial charge in [0.05, 0.1) is 0 Å². The summed E-state index contributed by atoms with van der Waals surface area (Å²) in [5, 5.41) is 3.57. The van der Waals surface area contributed by atoms with Crippen LogP contribution >= 0.6 is 15.9 Å². The molecule has 0 heterocycles. The van der Waals surface area contributed by atoms with Crippen LogP contribution in [0.25, 0.3) is 0 Å². The van der Waals surface area contributed by atoms with Gasteiger partial charge in [0.25, 0.3) is 0 Å². The molecule has 2 rings (SSSR count). The first kappa shape index (κ1) is 10.2. The highest BCUT2D eigenvalue weighted by atomic mass is 79.9. The second-order valence-corrected chi connectivity index (χ2v) is 4.96. The molecule has 0 amide bonds. The van der Waals surface area contributed by atoms with Crippen LogP contribution in [-0.2, 0) is 6.54 Å². The first-order valence-electron chi connectivity index (χ1n) is 5.24. The average molecular weight is 254 g/mol. The van der Waals surface area contributed by atoms with Gasteiger partial charge in [-0.2, -0.15) is 0 Å². The molecule has 0 atom stereocenters. The lowest BCUT2D eigenvalue weighted by Crippen LogP contribution is -2.34. The molecule has 0 bridgehead atoms. The van der Waals surface area contributed by atoms with Crippen molar-refractivity contribution in [1.82, 2.24) is 5.32 Å². The first-order valence-corrected chi connectivity index (χ1v) is 6.03. The molecule has 1 aliphatic rings. The highest BCUT2D eigenvalue weighted by Crippen LogP contribution is 2.21. The van der Waals surface area contributed by atoms with Gasteiger partial charge < -0.3 is 5.32 Å². The van der Waals surface area contributed by atoms with Gasteiger partial charge in [-0.1, -0.05) is 34.5 Å². The molecular weight excluding hydrogens is 238 g/mol. The van der Waals surface area contributed by atoms with Crippen molar-refractivity contribution in [2.24, 2.45) is 0 Å². The van der Waals surface area contributed by atoms with Crippen LogP contribution in [-0.4, -0.2) is 6.04 Å². The van der Waals surface area contributed by atoms with E-state index in [4.69, 9.17) is 0 Å². The molecule has 0 spiro atoms. The number of nitrogens with one attached hydrogen (secondary N) is 1. The Bertz CT molecular complexity index is 318. The smallest absolute Gasteiger partial charge is 0.0222 e. The Morgan fingerprint density at radius 1 is 1.43 bits per heavy atom. The summed E-state index contributed by atoms with van der Waals surface area (Å²) >= 11 is 3.60. The number of rotatable bonds is 3. The van der Waals surface area contributed by atoms with Crippen molar-refractivity contribution in [2.75, 3.05) is 0 Å². The zero-order valence-corrected chi connectivity index (χ0v) is 10.1. The molecule has 1 saturated carbocycles. The van der Waals surface area contributed by atoms with Gasteiger partial charge in [-0.25, -0.2) is 0 Å². The fourth-order valence-corrected chi connectivity index (χ4v) is 2.30. The molecule has 1 aliphatic carbocycles. The van der Waals surface area contributed by atoms with Crippen molar-refractivity contribution < 1.29 is 0 Å². The van der Waals surface area contributed by atoms with E-state index in [1.165, 1.54) is 34.9 Å². The Hall–Kier alpha value is -0.340. The summed E-state index contributed by atoms with van der Waals surface area (Å²) in [4.78, 5) is 0. The Kier molecular flexibility index (Phi) is 3.24. The molecule has 0 aromatic heterocycles. The third-order valence-electron chi connectivity index (χ3n) is 2.89. The monoisotopic (exact) mass is 253 g/mol. The maximum absolute atomic E-state index is 3.60. The average Bonchev–Trinajstić information content (AvgIpc) is 2.05. The largest absolute Gasteiger partial charge is 0.310 e. The van der Waals surface area contributed by atoms with Gasteiger partial charge in [0.1, 0.15) is 0 Å². The molecule has 0 saturated heterocycles. The summed E-state index contributed by atoms with van der Waals surface area (Å²) in [5.74, 6) is 0. The van der Waals surface area contributed by atoms with E-state index >= 15 is 0 Å². The highest BCUT2D eigenvalue weighted by Gasteiger charge is 2.16. The van der Waals surface area contributed by atoms with Gasteiger partial charge in [0.2, 0.25) is 0 Å². The SMILES string of the molecule is Cc1ccc(CNC2CCC2)c(Br)c1. The quantitative estimate of drug-likeness (QED) is 0.871. The normalized spacial score (nSPS) is 16.7. The number of hydrogen-bond acceptors (Lipinski definition) is 1. The predicted octanol–water partition coefficient (Wildman–Crippen LogP) is 3.40. The number of hydrogen-bond donors (Lipinski definition) is 1. The van der Waals surface area contributed by atoms with E-state index in [1.807, 2.05) is 0 Å². The molecule has 2 heteroatoms. The van der Waals surface area contributed by atoms with Crippen LogP contribution < -0.4 is 5.32 Å². The Balaban J connectivity index is 1.94. The third-order valence-corrected chi connectivity index (χ3v) is 3.63. The molecule has 1 nitrogen and oxygen atoms in total. The van der Waals surface area contributed by atoms with Gasteiger partial charge in [-0.05, 0) is 37.0 Å². The van der Waals surface area contributed by atoms with Crippen LogP contribution in [0.15, 0.2) is 22.7 Å². The van der Waals surface area contributed by atoms with Gasteiger partial charge in [0, 0.05) is 17.1 Å². The zero-order chi connectivity index (χ0) is 9.97. The van der Waals surface area contributed by atoms with Crippen LogP contribution in [0.5, 0.6) is 0 Å². The van der Waals surface area contributed by atoms with Gasteiger partial charge in [0.15, 0.2) is 0 Å². The van der Waals surface area contributed by atoms with E-state index in [9.17, 15) is 0 Å². The zero-order valence-electron chi connectivity index (χ0n) is 8.52. The van der Waals surface area contributed by atoms with E-state index in [0.717, 1.165) is 12.6 Å². The van der Waals surface area contributed by atoms with E-state index in [1.54, 1.807) is 0 Å². The molecule has 1 aromatic carbocycles. The summed E-state index contributed by atoms with van der Waals surface area (Å²) in [7, 11) is 0. The van der Waals surface area contributed by atoms with Gasteiger partial charge >= 0.3 is 0 Å². The van der Waals surface area contributed by atoms with Crippen LogP contribution in [0, 0.1) is 6.92 Å². The molecule has 0 unspecified atom stereocenters. The van der Waals surface area contributed by atoms with Crippen molar-refractivity contribution in [3.8, 4) is 0 Å². The second kappa shape index (κ2) is 4.45. The maximum atomic E-state index is 3.60. The summed E-state index contributed by atoms with van der Waals surface area (Å²) < 4.78 is 1.23. The summed E-state index contributed by atoms with van der Waals surface area (Å²) in [6.07, 6.45) is 4.10. The lowest BCUT2D eigenvalue weighted by Gasteiger charge is -2.26. The van der Waals surface area contributed by atoms with Crippen LogP contribution in [0.2, 0.25) is 0 Å². The highest BCUT2D eigenvalue weighted by molar-refractivity contribution is 9.10. The minimum atomic E-state index is 0.767. The minimum Gasteiger partial charge on any atom is -0.310 e. The van der Waals surface area contributed by atoms with Crippen molar-refractivity contribution in [1.29, 1.82) is 0 Å². The van der Waals surface area contributed by atoms with Crippen LogP contribution in [0.4, 0.5) is 0 Å². The van der Waals surface area contributed by atoms with E-state index in [2.05, 4.69) is 46.4 Å². The molecule has 76 valence electrons. The van der Waals surface area contributed by atoms with E-state index in [-0.39, 0.29) is 0 Å². The molecule has 0 aliphatic heterocycles. The van der Waals surface area contributed by atoms with Crippen LogP contribution in [0.1, 0.15) is 30.4 Å². The standard InChI is InChI=1S/C12H16BrN/c1-9-5-6-10(12(13)7-9)8-14-11-3-2-4-11/h5-7,11,14H,2-4,8H2,1H3. The first-order chi connectivity index (χ1) is 6.75. The van der Waals surface area contributed by atoms with Gasteiger partial charge in [-0.15, -0.1) is 0 Å². The van der Waals surface area contributed by atoms with Crippen molar-refractivity contribution >= 4 is 15.9 Å². The Labute approximate surface area is 94.0 Å². The summed E-state index contributed by atoms with van der Waals surface area (Å²) in [6, 6.07) is 7.31. The Morgan fingerprint density at radius 2 is 2.21 bits per heavy atom.